The fourth-order valence-corrected chi connectivity index (χ4v) is 0.231. The summed E-state index contributed by atoms with van der Waals surface area (Å²) >= 11 is 0. The first kappa shape index (κ1) is 10.9. The van der Waals surface area contributed by atoms with Gasteiger partial charge in [-0.05, 0) is 0 Å². The Morgan fingerprint density at radius 1 is 1.17 bits per heavy atom. The van der Waals surface area contributed by atoms with Crippen molar-refractivity contribution >= 4 is 6.16 Å². The molecule has 0 aromatic carbocycles. The Hall–Kier alpha value is -1.08. The average molecular weight is 193 g/mol. The van der Waals surface area contributed by atoms with Gasteiger partial charge in [-0.2, -0.15) is 31.9 Å². The average Bonchev–Trinajstić information content (AvgIpc) is 1.81. The Bertz CT molecular complexity index is 174. The second-order valence-electron chi connectivity index (χ2n) is 1.74. The van der Waals surface area contributed by atoms with E-state index in [0.29, 0.717) is 0 Å². The number of alkyl halides is 5. The van der Waals surface area contributed by atoms with Crippen LogP contribution in [0.5, 0.6) is 0 Å². The van der Waals surface area contributed by atoms with Gasteiger partial charge in [0.15, 0.2) is 6.61 Å². The van der Waals surface area contributed by atoms with Crippen molar-refractivity contribution in [3.8, 4) is 0 Å². The molecular weight excluding hydrogens is 191 g/mol. The summed E-state index contributed by atoms with van der Waals surface area (Å²) in [6, 6.07) is 0. The van der Waals surface area contributed by atoms with E-state index in [9.17, 15) is 31.9 Å². The van der Waals surface area contributed by atoms with E-state index >= 15 is 0 Å². The molecule has 71 valence electrons. The van der Waals surface area contributed by atoms with Gasteiger partial charge in [-0.1, -0.05) is 0 Å². The topological polar surface area (TPSA) is 46.2 Å². The molecule has 0 atom stereocenters. The first-order valence-electron chi connectivity index (χ1n) is 2.45. The predicted octanol–water partition coefficient (Wildman–Crippen LogP) is 1.75. The molecule has 0 aromatic heterocycles. The fraction of sp³-hybridized carbons (Fsp3) is 0.750. The summed E-state index contributed by atoms with van der Waals surface area (Å²) in [6.07, 6.45) is -8.25. The van der Waals surface area contributed by atoms with Crippen molar-refractivity contribution in [2.45, 2.75) is 12.1 Å². The second kappa shape index (κ2) is 3.11. The van der Waals surface area contributed by atoms with Crippen molar-refractivity contribution in [3.05, 3.63) is 0 Å². The number of hydrogen-bond donors (Lipinski definition) is 0. The van der Waals surface area contributed by atoms with Crippen molar-refractivity contribution in [2.24, 2.45) is 0 Å². The molecule has 0 saturated heterocycles. The summed E-state index contributed by atoms with van der Waals surface area (Å²) in [7, 11) is 0. The summed E-state index contributed by atoms with van der Waals surface area (Å²) in [5.74, 6) is -5.17. The maximum absolute atomic E-state index is 11.7. The smallest absolute Gasteiger partial charge is 0.425 e. The molecular formula is C4H2F5O3. The second-order valence-corrected chi connectivity index (χ2v) is 1.74. The number of rotatable bonds is 2. The molecule has 0 saturated carbocycles. The van der Waals surface area contributed by atoms with Gasteiger partial charge in [0.1, 0.15) is 0 Å². The van der Waals surface area contributed by atoms with E-state index in [1.54, 1.807) is 0 Å². The van der Waals surface area contributed by atoms with Gasteiger partial charge in [0.05, 0.1) is 0 Å². The highest BCUT2D eigenvalue weighted by Gasteiger charge is 2.58. The highest BCUT2D eigenvalue weighted by Crippen LogP contribution is 2.35. The zero-order valence-corrected chi connectivity index (χ0v) is 5.32. The molecule has 0 aliphatic heterocycles. The highest BCUT2D eigenvalue weighted by atomic mass is 19.4. The Labute approximate surface area is 62.7 Å². The number of hydrogen-bond acceptors (Lipinski definition) is 2. The standard InChI is InChI=1S/C4H2F5O3/c5-3(6,4(7,8)9)1-12-2(10)11/h1H2. The minimum Gasteiger partial charge on any atom is -0.425 e. The molecule has 12 heavy (non-hydrogen) atoms. The van der Waals surface area contributed by atoms with Gasteiger partial charge < -0.3 is 4.74 Å². The van der Waals surface area contributed by atoms with Crippen molar-refractivity contribution < 1.29 is 36.6 Å². The molecule has 0 spiro atoms. The minimum absolute atomic E-state index is 2.28. The first-order chi connectivity index (χ1) is 5.17. The van der Waals surface area contributed by atoms with Crippen molar-refractivity contribution in [3.63, 3.8) is 0 Å². The third kappa shape index (κ3) is 2.89. The van der Waals surface area contributed by atoms with Gasteiger partial charge >= 0.3 is 18.3 Å². The van der Waals surface area contributed by atoms with E-state index in [2.05, 4.69) is 4.74 Å². The Kier molecular flexibility index (Phi) is 2.83. The summed E-state index contributed by atoms with van der Waals surface area (Å²) < 4.78 is 60.2. The molecule has 0 aliphatic carbocycles. The van der Waals surface area contributed by atoms with Gasteiger partial charge in [-0.25, -0.2) is 0 Å². The highest BCUT2D eigenvalue weighted by molar-refractivity contribution is 5.56. The monoisotopic (exact) mass is 193 g/mol. The van der Waals surface area contributed by atoms with Crippen molar-refractivity contribution in [1.82, 2.24) is 0 Å². The maximum Gasteiger partial charge on any atom is 0.550 e. The summed E-state index contributed by atoms with van der Waals surface area (Å²) in [6.45, 7) is -2.28. The minimum atomic E-state index is -5.82. The van der Waals surface area contributed by atoms with Crippen LogP contribution in [0.4, 0.5) is 26.7 Å². The third-order valence-corrected chi connectivity index (χ3v) is 0.786. The first-order valence-corrected chi connectivity index (χ1v) is 2.45. The van der Waals surface area contributed by atoms with E-state index in [1.807, 2.05) is 0 Å². The Balaban J connectivity index is 4.14. The normalized spacial score (nSPS) is 12.8. The zero-order valence-electron chi connectivity index (χ0n) is 5.32. The zero-order chi connectivity index (χ0) is 9.99. The molecule has 0 bridgehead atoms. The lowest BCUT2D eigenvalue weighted by Gasteiger charge is -2.17. The van der Waals surface area contributed by atoms with E-state index in [1.165, 1.54) is 0 Å². The van der Waals surface area contributed by atoms with Crippen LogP contribution in [0.2, 0.25) is 0 Å². The molecule has 8 heteroatoms. The lowest BCUT2D eigenvalue weighted by Crippen LogP contribution is -2.41. The van der Waals surface area contributed by atoms with Crippen LogP contribution in [0.25, 0.3) is 0 Å². The largest absolute Gasteiger partial charge is 0.550 e. The summed E-state index contributed by atoms with van der Waals surface area (Å²) in [5.41, 5.74) is 0. The van der Waals surface area contributed by atoms with Gasteiger partial charge in [0.25, 0.3) is 0 Å². The molecule has 1 radical (unpaired) electrons. The van der Waals surface area contributed by atoms with E-state index in [-0.39, 0.29) is 0 Å². The molecule has 0 fully saturated rings. The van der Waals surface area contributed by atoms with Crippen LogP contribution in [-0.2, 0) is 9.84 Å². The maximum atomic E-state index is 11.7. The number of halogens is 5. The Morgan fingerprint density at radius 3 is 1.83 bits per heavy atom. The molecule has 0 aromatic rings. The molecule has 0 rings (SSSR count). The Morgan fingerprint density at radius 2 is 1.58 bits per heavy atom. The number of ether oxygens (including phenoxy) is 1. The number of carbonyl (C=O) groups excluding carboxylic acids is 1. The lowest BCUT2D eigenvalue weighted by molar-refractivity contribution is -0.293. The van der Waals surface area contributed by atoms with Crippen LogP contribution in [0.15, 0.2) is 0 Å². The van der Waals surface area contributed by atoms with E-state index in [4.69, 9.17) is 0 Å². The van der Waals surface area contributed by atoms with Crippen LogP contribution < -0.4 is 0 Å². The van der Waals surface area contributed by atoms with Crippen LogP contribution in [0, 0.1) is 0 Å². The molecule has 0 N–H and O–H groups in total. The van der Waals surface area contributed by atoms with Gasteiger partial charge in [0, 0.05) is 0 Å². The van der Waals surface area contributed by atoms with Crippen molar-refractivity contribution in [2.75, 3.05) is 6.61 Å². The van der Waals surface area contributed by atoms with Crippen LogP contribution in [-0.4, -0.2) is 24.9 Å². The van der Waals surface area contributed by atoms with Crippen LogP contribution in [0.3, 0.4) is 0 Å². The SMILES string of the molecule is [O]C(=O)OCC(F)(F)C(F)(F)F. The van der Waals surface area contributed by atoms with Gasteiger partial charge in [-0.3, -0.25) is 0 Å². The van der Waals surface area contributed by atoms with Crippen molar-refractivity contribution in [1.29, 1.82) is 0 Å². The quantitative estimate of drug-likeness (QED) is 0.495. The van der Waals surface area contributed by atoms with Gasteiger partial charge in [0.2, 0.25) is 0 Å². The molecule has 0 amide bonds. The molecule has 3 nitrogen and oxygen atoms in total. The lowest BCUT2D eigenvalue weighted by atomic mass is 10.3. The van der Waals surface area contributed by atoms with Gasteiger partial charge in [-0.15, -0.1) is 0 Å². The van der Waals surface area contributed by atoms with Crippen LogP contribution in [0.1, 0.15) is 0 Å². The van der Waals surface area contributed by atoms with Crippen LogP contribution >= 0.6 is 0 Å². The van der Waals surface area contributed by atoms with E-state index in [0.717, 1.165) is 0 Å². The molecule has 0 unspecified atom stereocenters. The predicted molar refractivity (Wildman–Crippen MR) is 23.0 cm³/mol. The van der Waals surface area contributed by atoms with E-state index < -0.39 is 24.9 Å². The summed E-state index contributed by atoms with van der Waals surface area (Å²) in [4.78, 5) is 9.34. The number of carbonyl (C=O) groups is 1. The fourth-order valence-electron chi connectivity index (χ4n) is 0.231. The third-order valence-electron chi connectivity index (χ3n) is 0.786. The molecule has 0 heterocycles. The summed E-state index contributed by atoms with van der Waals surface area (Å²) in [5, 5.41) is 9.34. The molecule has 0 aliphatic rings.